The molecule has 3 nitrogen and oxygen atoms in total. The van der Waals surface area contributed by atoms with Crippen molar-refractivity contribution >= 4 is 23.4 Å². The van der Waals surface area contributed by atoms with E-state index in [1.54, 1.807) is 11.8 Å². The number of carbonyl (C=O) groups is 1. The summed E-state index contributed by atoms with van der Waals surface area (Å²) in [6, 6.07) is 5.77. The summed E-state index contributed by atoms with van der Waals surface area (Å²) >= 11 is 1.54. The SMILES string of the molecule is Cc1ccc(N)cc1SC(C)C(=O)NC(C)(C)C. The second-order valence-electron chi connectivity index (χ2n) is 5.52. The number of hydrogen-bond acceptors (Lipinski definition) is 3. The molecule has 1 amide bonds. The molecule has 0 spiro atoms. The van der Waals surface area contributed by atoms with E-state index < -0.39 is 0 Å². The number of anilines is 1. The Bertz CT molecular complexity index is 438. The zero-order valence-electron chi connectivity index (χ0n) is 11.7. The van der Waals surface area contributed by atoms with Crippen molar-refractivity contribution in [2.45, 2.75) is 50.3 Å². The Balaban J connectivity index is 2.72. The zero-order valence-corrected chi connectivity index (χ0v) is 12.5. The number of benzene rings is 1. The first kappa shape index (κ1) is 14.9. The van der Waals surface area contributed by atoms with Crippen molar-refractivity contribution in [2.75, 3.05) is 5.73 Å². The predicted molar refractivity (Wildman–Crippen MR) is 78.8 cm³/mol. The highest BCUT2D eigenvalue weighted by molar-refractivity contribution is 8.00. The molecule has 0 aromatic heterocycles. The molecule has 18 heavy (non-hydrogen) atoms. The van der Waals surface area contributed by atoms with Crippen molar-refractivity contribution in [3.8, 4) is 0 Å². The maximum atomic E-state index is 12.0. The van der Waals surface area contributed by atoms with Gasteiger partial charge in [-0.3, -0.25) is 4.79 Å². The molecule has 4 heteroatoms. The van der Waals surface area contributed by atoms with E-state index in [0.29, 0.717) is 0 Å². The average molecular weight is 266 g/mol. The monoisotopic (exact) mass is 266 g/mol. The molecule has 100 valence electrons. The van der Waals surface area contributed by atoms with Crippen LogP contribution >= 0.6 is 11.8 Å². The van der Waals surface area contributed by atoms with Gasteiger partial charge < -0.3 is 11.1 Å². The molecule has 1 unspecified atom stereocenters. The Morgan fingerprint density at radius 1 is 1.39 bits per heavy atom. The van der Waals surface area contributed by atoms with Crippen LogP contribution in [-0.4, -0.2) is 16.7 Å². The van der Waals surface area contributed by atoms with Gasteiger partial charge in [-0.05, 0) is 52.3 Å². The summed E-state index contributed by atoms with van der Waals surface area (Å²) in [6.45, 7) is 9.88. The molecule has 1 atom stereocenters. The third kappa shape index (κ3) is 4.61. The smallest absolute Gasteiger partial charge is 0.233 e. The first-order chi connectivity index (χ1) is 8.19. The zero-order chi connectivity index (χ0) is 13.9. The van der Waals surface area contributed by atoms with Gasteiger partial charge >= 0.3 is 0 Å². The molecule has 1 aromatic carbocycles. The average Bonchev–Trinajstić information content (AvgIpc) is 2.21. The predicted octanol–water partition coefficient (Wildman–Crippen LogP) is 2.97. The minimum absolute atomic E-state index is 0.0503. The lowest BCUT2D eigenvalue weighted by Crippen LogP contribution is -2.44. The lowest BCUT2D eigenvalue weighted by atomic mass is 10.1. The molecule has 0 fully saturated rings. The maximum Gasteiger partial charge on any atom is 0.233 e. The van der Waals surface area contributed by atoms with Crippen molar-refractivity contribution in [1.82, 2.24) is 5.32 Å². The Morgan fingerprint density at radius 3 is 2.56 bits per heavy atom. The molecular weight excluding hydrogens is 244 g/mol. The first-order valence-electron chi connectivity index (χ1n) is 6.04. The van der Waals surface area contributed by atoms with Crippen LogP contribution in [0, 0.1) is 6.92 Å². The number of aryl methyl sites for hydroxylation is 1. The minimum atomic E-state index is -0.198. The summed E-state index contributed by atoms with van der Waals surface area (Å²) in [5.74, 6) is 0.0503. The third-order valence-corrected chi connectivity index (χ3v) is 3.64. The summed E-state index contributed by atoms with van der Waals surface area (Å²) in [6.07, 6.45) is 0. The Hall–Kier alpha value is -1.16. The number of thioether (sulfide) groups is 1. The quantitative estimate of drug-likeness (QED) is 0.653. The molecule has 0 bridgehead atoms. The van der Waals surface area contributed by atoms with Crippen LogP contribution in [0.3, 0.4) is 0 Å². The fourth-order valence-electron chi connectivity index (χ4n) is 1.46. The van der Waals surface area contributed by atoms with Crippen molar-refractivity contribution in [3.63, 3.8) is 0 Å². The van der Waals surface area contributed by atoms with Crippen molar-refractivity contribution in [2.24, 2.45) is 0 Å². The lowest BCUT2D eigenvalue weighted by molar-refractivity contribution is -0.121. The molecule has 0 heterocycles. The number of amides is 1. The van der Waals surface area contributed by atoms with Crippen LogP contribution in [0.2, 0.25) is 0 Å². The number of hydrogen-bond donors (Lipinski definition) is 2. The van der Waals surface area contributed by atoms with Gasteiger partial charge in [-0.25, -0.2) is 0 Å². The highest BCUT2D eigenvalue weighted by Gasteiger charge is 2.20. The highest BCUT2D eigenvalue weighted by atomic mass is 32.2. The fraction of sp³-hybridized carbons (Fsp3) is 0.500. The van der Waals surface area contributed by atoms with E-state index in [1.165, 1.54) is 0 Å². The molecule has 0 aliphatic heterocycles. The molecule has 0 aliphatic carbocycles. The summed E-state index contributed by atoms with van der Waals surface area (Å²) in [5, 5.41) is 2.85. The van der Waals surface area contributed by atoms with E-state index in [9.17, 15) is 4.79 Å². The molecule has 0 saturated carbocycles. The Kier molecular flexibility index (Phi) is 4.68. The number of nitrogens with two attached hydrogens (primary N) is 1. The van der Waals surface area contributed by atoms with Crippen LogP contribution in [0.5, 0.6) is 0 Å². The van der Waals surface area contributed by atoms with Crippen molar-refractivity contribution in [3.05, 3.63) is 23.8 Å². The van der Waals surface area contributed by atoms with Crippen LogP contribution in [0.4, 0.5) is 5.69 Å². The third-order valence-electron chi connectivity index (χ3n) is 2.38. The summed E-state index contributed by atoms with van der Waals surface area (Å²) in [7, 11) is 0. The molecular formula is C14H22N2OS. The van der Waals surface area contributed by atoms with E-state index in [4.69, 9.17) is 5.73 Å². The van der Waals surface area contributed by atoms with Crippen LogP contribution < -0.4 is 11.1 Å². The van der Waals surface area contributed by atoms with Gasteiger partial charge in [-0.15, -0.1) is 11.8 Å². The van der Waals surface area contributed by atoms with Gasteiger partial charge in [-0.1, -0.05) is 6.07 Å². The number of rotatable bonds is 3. The van der Waals surface area contributed by atoms with Gasteiger partial charge in [0.15, 0.2) is 0 Å². The highest BCUT2D eigenvalue weighted by Crippen LogP contribution is 2.28. The van der Waals surface area contributed by atoms with Gasteiger partial charge in [0.2, 0.25) is 5.91 Å². The first-order valence-corrected chi connectivity index (χ1v) is 6.92. The summed E-state index contributed by atoms with van der Waals surface area (Å²) in [4.78, 5) is 13.1. The number of carbonyl (C=O) groups excluding carboxylic acids is 1. The summed E-state index contributed by atoms with van der Waals surface area (Å²) in [5.41, 5.74) is 7.44. The minimum Gasteiger partial charge on any atom is -0.399 e. The molecule has 3 N–H and O–H groups in total. The molecule has 1 rings (SSSR count). The molecule has 1 aromatic rings. The van der Waals surface area contributed by atoms with Gasteiger partial charge in [0.05, 0.1) is 5.25 Å². The van der Waals surface area contributed by atoms with Crippen LogP contribution in [-0.2, 0) is 4.79 Å². The number of nitrogens with one attached hydrogen (secondary N) is 1. The fourth-order valence-corrected chi connectivity index (χ4v) is 2.46. The van der Waals surface area contributed by atoms with E-state index in [0.717, 1.165) is 16.1 Å². The summed E-state index contributed by atoms with van der Waals surface area (Å²) < 4.78 is 0. The second-order valence-corrected chi connectivity index (χ2v) is 6.91. The van der Waals surface area contributed by atoms with Gasteiger partial charge in [0.25, 0.3) is 0 Å². The molecule has 0 radical (unpaired) electrons. The van der Waals surface area contributed by atoms with Crippen LogP contribution in [0.25, 0.3) is 0 Å². The standard InChI is InChI=1S/C14H22N2OS/c1-9-6-7-11(15)8-12(9)18-10(2)13(17)16-14(3,4)5/h6-8,10H,15H2,1-5H3,(H,16,17). The normalized spacial score (nSPS) is 13.2. The van der Waals surface area contributed by atoms with E-state index >= 15 is 0 Å². The number of nitrogen functional groups attached to an aromatic ring is 1. The van der Waals surface area contributed by atoms with Gasteiger partial charge in [-0.2, -0.15) is 0 Å². The second kappa shape index (κ2) is 5.65. The van der Waals surface area contributed by atoms with E-state index in [-0.39, 0.29) is 16.7 Å². The molecule has 0 aliphatic rings. The van der Waals surface area contributed by atoms with E-state index in [2.05, 4.69) is 5.32 Å². The molecule has 0 saturated heterocycles. The van der Waals surface area contributed by atoms with Gasteiger partial charge in [0, 0.05) is 16.1 Å². The van der Waals surface area contributed by atoms with Crippen LogP contribution in [0.1, 0.15) is 33.3 Å². The van der Waals surface area contributed by atoms with Crippen molar-refractivity contribution in [1.29, 1.82) is 0 Å². The Morgan fingerprint density at radius 2 is 2.00 bits per heavy atom. The van der Waals surface area contributed by atoms with Crippen LogP contribution in [0.15, 0.2) is 23.1 Å². The lowest BCUT2D eigenvalue weighted by Gasteiger charge is -2.23. The maximum absolute atomic E-state index is 12.0. The van der Waals surface area contributed by atoms with Gasteiger partial charge in [0.1, 0.15) is 0 Å². The largest absolute Gasteiger partial charge is 0.399 e. The van der Waals surface area contributed by atoms with E-state index in [1.807, 2.05) is 52.8 Å². The Labute approximate surface area is 114 Å². The van der Waals surface area contributed by atoms with Crippen molar-refractivity contribution < 1.29 is 4.79 Å². The topological polar surface area (TPSA) is 55.1 Å².